The summed E-state index contributed by atoms with van der Waals surface area (Å²) >= 11 is 0. The van der Waals surface area contributed by atoms with Crippen LogP contribution in [0.5, 0.6) is 5.75 Å². The van der Waals surface area contributed by atoms with E-state index in [-0.39, 0.29) is 10.8 Å². The van der Waals surface area contributed by atoms with Crippen molar-refractivity contribution in [2.45, 2.75) is 30.8 Å². The molecule has 1 heterocycles. The minimum Gasteiger partial charge on any atom is -0.481 e. The maximum absolute atomic E-state index is 13.2. The number of rotatable bonds is 6. The molecule has 3 aromatic carbocycles. The first-order chi connectivity index (χ1) is 14.9. The van der Waals surface area contributed by atoms with Crippen LogP contribution in [-0.4, -0.2) is 27.0 Å². The summed E-state index contributed by atoms with van der Waals surface area (Å²) in [4.78, 5) is 12.9. The topological polar surface area (TPSA) is 75.7 Å². The van der Waals surface area contributed by atoms with Gasteiger partial charge in [-0.05, 0) is 61.7 Å². The molecule has 1 atom stereocenters. The smallest absolute Gasteiger partial charge is 0.265 e. The van der Waals surface area contributed by atoms with Crippen molar-refractivity contribution in [2.24, 2.45) is 0 Å². The largest absolute Gasteiger partial charge is 0.481 e. The molecular weight excluding hydrogens is 412 g/mol. The molecule has 1 N–H and O–H groups in total. The van der Waals surface area contributed by atoms with Crippen molar-refractivity contribution in [3.05, 3.63) is 84.4 Å². The first-order valence-electron chi connectivity index (χ1n) is 10.2. The second kappa shape index (κ2) is 8.81. The monoisotopic (exact) mass is 436 g/mol. The summed E-state index contributed by atoms with van der Waals surface area (Å²) in [5, 5.41) is 2.84. The third-order valence-corrected chi connectivity index (χ3v) is 7.01. The number of aryl methyl sites for hydroxylation is 1. The lowest BCUT2D eigenvalue weighted by Gasteiger charge is -2.31. The van der Waals surface area contributed by atoms with Gasteiger partial charge in [0, 0.05) is 12.2 Å². The predicted molar refractivity (Wildman–Crippen MR) is 121 cm³/mol. The van der Waals surface area contributed by atoms with Gasteiger partial charge in [0.15, 0.2) is 6.10 Å². The highest BCUT2D eigenvalue weighted by molar-refractivity contribution is 7.92. The van der Waals surface area contributed by atoms with Gasteiger partial charge in [-0.15, -0.1) is 0 Å². The summed E-state index contributed by atoms with van der Waals surface area (Å²) in [5.41, 5.74) is 2.07. The molecule has 3 aromatic rings. The Labute approximate surface area is 182 Å². The molecule has 1 amide bonds. The van der Waals surface area contributed by atoms with E-state index in [1.54, 1.807) is 61.5 Å². The lowest BCUT2D eigenvalue weighted by Crippen LogP contribution is -2.35. The number of nitrogens with one attached hydrogen (secondary N) is 1. The fourth-order valence-corrected chi connectivity index (χ4v) is 5.14. The van der Waals surface area contributed by atoms with Gasteiger partial charge in [-0.3, -0.25) is 9.10 Å². The Balaban J connectivity index is 1.56. The molecule has 0 aromatic heterocycles. The lowest BCUT2D eigenvalue weighted by molar-refractivity contribution is -0.122. The Kier molecular flexibility index (Phi) is 5.95. The Bertz CT molecular complexity index is 1160. The van der Waals surface area contributed by atoms with Gasteiger partial charge in [0.1, 0.15) is 5.75 Å². The second-order valence-electron chi connectivity index (χ2n) is 7.40. The van der Waals surface area contributed by atoms with Gasteiger partial charge in [-0.1, -0.05) is 42.5 Å². The van der Waals surface area contributed by atoms with Crippen LogP contribution in [-0.2, 0) is 21.2 Å². The van der Waals surface area contributed by atoms with Crippen molar-refractivity contribution in [1.82, 2.24) is 0 Å². The Morgan fingerprint density at radius 3 is 2.39 bits per heavy atom. The molecular formula is C24H24N2O4S. The van der Waals surface area contributed by atoms with Gasteiger partial charge in [-0.2, -0.15) is 0 Å². The zero-order valence-electron chi connectivity index (χ0n) is 17.2. The van der Waals surface area contributed by atoms with Crippen LogP contribution in [0.25, 0.3) is 0 Å². The van der Waals surface area contributed by atoms with Gasteiger partial charge < -0.3 is 10.1 Å². The average molecular weight is 437 g/mol. The maximum Gasteiger partial charge on any atom is 0.265 e. The van der Waals surface area contributed by atoms with Gasteiger partial charge in [-0.25, -0.2) is 8.42 Å². The van der Waals surface area contributed by atoms with Gasteiger partial charge in [0.2, 0.25) is 0 Å². The van der Waals surface area contributed by atoms with Crippen LogP contribution in [0.4, 0.5) is 11.4 Å². The van der Waals surface area contributed by atoms with Crippen molar-refractivity contribution in [1.29, 1.82) is 0 Å². The first kappa shape index (κ1) is 20.9. The van der Waals surface area contributed by atoms with E-state index in [1.165, 1.54) is 4.31 Å². The molecule has 0 radical (unpaired) electrons. The molecule has 160 valence electrons. The number of hydrogen-bond acceptors (Lipinski definition) is 4. The second-order valence-corrected chi connectivity index (χ2v) is 9.26. The van der Waals surface area contributed by atoms with Crippen LogP contribution in [0.3, 0.4) is 0 Å². The molecule has 0 saturated carbocycles. The van der Waals surface area contributed by atoms with E-state index >= 15 is 0 Å². The Hall–Kier alpha value is -3.32. The van der Waals surface area contributed by atoms with E-state index in [2.05, 4.69) is 5.32 Å². The maximum atomic E-state index is 13.2. The van der Waals surface area contributed by atoms with Gasteiger partial charge in [0.25, 0.3) is 15.9 Å². The van der Waals surface area contributed by atoms with E-state index in [0.29, 0.717) is 23.7 Å². The molecule has 31 heavy (non-hydrogen) atoms. The van der Waals surface area contributed by atoms with E-state index < -0.39 is 16.1 Å². The third kappa shape index (κ3) is 4.56. The van der Waals surface area contributed by atoms with Crippen LogP contribution >= 0.6 is 0 Å². The molecule has 4 rings (SSSR count). The molecule has 7 heteroatoms. The van der Waals surface area contributed by atoms with Gasteiger partial charge in [0.05, 0.1) is 10.6 Å². The summed E-state index contributed by atoms with van der Waals surface area (Å²) in [6.07, 6.45) is 0.826. The predicted octanol–water partition coefficient (Wildman–Crippen LogP) is 4.23. The molecule has 0 saturated heterocycles. The number of ether oxygens (including phenoxy) is 1. The highest BCUT2D eigenvalue weighted by Crippen LogP contribution is 2.34. The molecule has 1 aliphatic rings. The number of hydrogen-bond donors (Lipinski definition) is 1. The summed E-state index contributed by atoms with van der Waals surface area (Å²) < 4.78 is 33.5. The van der Waals surface area contributed by atoms with E-state index in [4.69, 9.17) is 4.74 Å². The van der Waals surface area contributed by atoms with Gasteiger partial charge >= 0.3 is 0 Å². The molecule has 0 fully saturated rings. The summed E-state index contributed by atoms with van der Waals surface area (Å²) in [7, 11) is -3.68. The van der Waals surface area contributed by atoms with E-state index in [1.807, 2.05) is 24.3 Å². The van der Waals surface area contributed by atoms with Crippen molar-refractivity contribution in [2.75, 3.05) is 16.2 Å². The highest BCUT2D eigenvalue weighted by atomic mass is 32.2. The van der Waals surface area contributed by atoms with E-state index in [9.17, 15) is 13.2 Å². The Morgan fingerprint density at radius 1 is 1.00 bits per heavy atom. The van der Waals surface area contributed by atoms with Crippen LogP contribution < -0.4 is 14.4 Å². The standard InChI is InChI=1S/C24H24N2O4S/c1-18(30-21-10-4-2-5-11-21)24(27)25-20-15-14-19-9-8-16-26(23(19)17-20)31(28,29)22-12-6-3-7-13-22/h2-7,10-15,17-18H,8-9,16H2,1H3,(H,25,27). The minimum atomic E-state index is -3.68. The molecule has 1 unspecified atom stereocenters. The minimum absolute atomic E-state index is 0.252. The van der Waals surface area contributed by atoms with Crippen molar-refractivity contribution in [3.8, 4) is 5.75 Å². The van der Waals surface area contributed by atoms with Crippen molar-refractivity contribution in [3.63, 3.8) is 0 Å². The number of sulfonamides is 1. The molecule has 0 aliphatic carbocycles. The first-order valence-corrected chi connectivity index (χ1v) is 11.6. The number of carbonyl (C=O) groups excluding carboxylic acids is 1. The third-order valence-electron chi connectivity index (χ3n) is 5.19. The number of amides is 1. The number of benzene rings is 3. The fourth-order valence-electron chi connectivity index (χ4n) is 3.59. The fraction of sp³-hybridized carbons (Fsp3) is 0.208. The van der Waals surface area contributed by atoms with Crippen LogP contribution in [0.1, 0.15) is 18.9 Å². The molecule has 1 aliphatic heterocycles. The zero-order valence-corrected chi connectivity index (χ0v) is 18.0. The zero-order chi connectivity index (χ0) is 21.8. The number of nitrogens with zero attached hydrogens (tertiary/aromatic N) is 1. The molecule has 0 spiro atoms. The molecule has 0 bridgehead atoms. The number of fused-ring (bicyclic) bond motifs is 1. The normalized spacial score (nSPS) is 14.4. The van der Waals surface area contributed by atoms with Crippen molar-refractivity contribution >= 4 is 27.3 Å². The van der Waals surface area contributed by atoms with Crippen molar-refractivity contribution < 1.29 is 17.9 Å². The van der Waals surface area contributed by atoms with Crippen LogP contribution in [0, 0.1) is 0 Å². The summed E-state index contributed by atoms with van der Waals surface area (Å²) in [6, 6.07) is 22.9. The molecule has 6 nitrogen and oxygen atoms in total. The average Bonchev–Trinajstić information content (AvgIpc) is 2.79. The number of carbonyl (C=O) groups is 1. The number of para-hydroxylation sites is 1. The van der Waals surface area contributed by atoms with Crippen LogP contribution in [0.15, 0.2) is 83.8 Å². The SMILES string of the molecule is CC(Oc1ccccc1)C(=O)Nc1ccc2c(c1)N(S(=O)(=O)c1ccccc1)CCC2. The van der Waals surface area contributed by atoms with E-state index in [0.717, 1.165) is 18.4 Å². The summed E-state index contributed by atoms with van der Waals surface area (Å²) in [5.74, 6) is 0.299. The lowest BCUT2D eigenvalue weighted by atomic mass is 10.0. The Morgan fingerprint density at radius 2 is 1.68 bits per heavy atom. The quantitative estimate of drug-likeness (QED) is 0.627. The highest BCUT2D eigenvalue weighted by Gasteiger charge is 2.29. The number of anilines is 2. The van der Waals surface area contributed by atoms with Crippen LogP contribution in [0.2, 0.25) is 0 Å². The summed E-state index contributed by atoms with van der Waals surface area (Å²) in [6.45, 7) is 2.07.